The van der Waals surface area contributed by atoms with E-state index in [1.807, 2.05) is 0 Å². The van der Waals surface area contributed by atoms with Gasteiger partial charge in [-0.3, -0.25) is 4.90 Å². The van der Waals surface area contributed by atoms with Crippen molar-refractivity contribution in [1.29, 1.82) is 0 Å². The van der Waals surface area contributed by atoms with Gasteiger partial charge in [0.25, 0.3) is 0 Å². The van der Waals surface area contributed by atoms with Gasteiger partial charge in [-0.25, -0.2) is 0 Å². The van der Waals surface area contributed by atoms with Crippen LogP contribution in [0.1, 0.15) is 40.0 Å². The van der Waals surface area contributed by atoms with Gasteiger partial charge in [-0.1, -0.05) is 12.3 Å². The zero-order chi connectivity index (χ0) is 9.19. The molecule has 0 aromatic heterocycles. The minimum atomic E-state index is -0.0557. The molecule has 1 atom stereocenters. The summed E-state index contributed by atoms with van der Waals surface area (Å²) >= 11 is 0. The summed E-state index contributed by atoms with van der Waals surface area (Å²) in [7, 11) is 0. The summed E-state index contributed by atoms with van der Waals surface area (Å²) in [6, 6.07) is 0.657. The molecule has 0 spiro atoms. The first kappa shape index (κ1) is 9.61. The molecule has 1 saturated heterocycles. The van der Waals surface area contributed by atoms with Gasteiger partial charge in [-0.05, 0) is 40.2 Å². The van der Waals surface area contributed by atoms with Gasteiger partial charge in [0.2, 0.25) is 0 Å². The minimum absolute atomic E-state index is 0.0557. The monoisotopic (exact) mass is 165 g/mol. The van der Waals surface area contributed by atoms with Crippen molar-refractivity contribution in [3.63, 3.8) is 0 Å². The number of terminal acetylenes is 1. The largest absolute Gasteiger partial charge is 0.285 e. The molecular formula is C11H19N. The predicted octanol–water partition coefficient (Wildman–Crippen LogP) is 2.27. The summed E-state index contributed by atoms with van der Waals surface area (Å²) in [5.74, 6) is 2.87. The summed E-state index contributed by atoms with van der Waals surface area (Å²) in [4.78, 5) is 2.44. The van der Waals surface area contributed by atoms with Crippen molar-refractivity contribution in [2.75, 3.05) is 6.54 Å². The lowest BCUT2D eigenvalue weighted by molar-refractivity contribution is 0.0851. The van der Waals surface area contributed by atoms with E-state index in [9.17, 15) is 0 Å². The van der Waals surface area contributed by atoms with Crippen LogP contribution in [0.2, 0.25) is 0 Å². The Kier molecular flexibility index (Phi) is 2.80. The highest BCUT2D eigenvalue weighted by atomic mass is 15.2. The lowest BCUT2D eigenvalue weighted by Gasteiger charge is -2.42. The van der Waals surface area contributed by atoms with Crippen LogP contribution in [-0.2, 0) is 0 Å². The molecule has 1 heterocycles. The Morgan fingerprint density at radius 2 is 2.08 bits per heavy atom. The summed E-state index contributed by atoms with van der Waals surface area (Å²) < 4.78 is 0. The van der Waals surface area contributed by atoms with Gasteiger partial charge >= 0.3 is 0 Å². The predicted molar refractivity (Wildman–Crippen MR) is 52.9 cm³/mol. The summed E-state index contributed by atoms with van der Waals surface area (Å²) in [5.41, 5.74) is -0.0557. The molecule has 0 bridgehead atoms. The van der Waals surface area contributed by atoms with Gasteiger partial charge in [0, 0.05) is 6.04 Å². The molecule has 0 saturated carbocycles. The van der Waals surface area contributed by atoms with Crippen molar-refractivity contribution in [1.82, 2.24) is 4.90 Å². The van der Waals surface area contributed by atoms with Crippen LogP contribution in [0, 0.1) is 12.3 Å². The SMILES string of the molecule is C#CC(C)(C)N1CCCCC1C. The average Bonchev–Trinajstić information content (AvgIpc) is 2.05. The van der Waals surface area contributed by atoms with Gasteiger partial charge in [0.1, 0.15) is 0 Å². The molecule has 0 amide bonds. The molecule has 68 valence electrons. The van der Waals surface area contributed by atoms with Gasteiger partial charge in [-0.2, -0.15) is 0 Å². The number of likely N-dealkylation sites (tertiary alicyclic amines) is 1. The van der Waals surface area contributed by atoms with E-state index in [-0.39, 0.29) is 5.54 Å². The van der Waals surface area contributed by atoms with E-state index in [2.05, 4.69) is 31.6 Å². The summed E-state index contributed by atoms with van der Waals surface area (Å²) in [5, 5.41) is 0. The molecule has 0 radical (unpaired) electrons. The van der Waals surface area contributed by atoms with Crippen LogP contribution in [0.4, 0.5) is 0 Å². The lowest BCUT2D eigenvalue weighted by Crippen LogP contribution is -2.50. The van der Waals surface area contributed by atoms with Crippen LogP contribution in [0.5, 0.6) is 0 Å². The van der Waals surface area contributed by atoms with E-state index in [4.69, 9.17) is 6.42 Å². The molecule has 0 N–H and O–H groups in total. The summed E-state index contributed by atoms with van der Waals surface area (Å²) in [6.45, 7) is 7.71. The van der Waals surface area contributed by atoms with Gasteiger partial charge in [0.05, 0.1) is 5.54 Å². The van der Waals surface area contributed by atoms with Gasteiger partial charge in [0.15, 0.2) is 0 Å². The molecule has 0 aromatic carbocycles. The Labute approximate surface area is 76.1 Å². The molecule has 1 heteroatoms. The van der Waals surface area contributed by atoms with Crippen LogP contribution in [0.15, 0.2) is 0 Å². The average molecular weight is 165 g/mol. The Bertz CT molecular complexity index is 188. The van der Waals surface area contributed by atoms with E-state index in [0.717, 1.165) is 0 Å². The first-order valence-electron chi connectivity index (χ1n) is 4.82. The molecule has 12 heavy (non-hydrogen) atoms. The molecule has 1 aliphatic rings. The highest BCUT2D eigenvalue weighted by Crippen LogP contribution is 2.24. The maximum atomic E-state index is 5.51. The van der Waals surface area contributed by atoms with Crippen molar-refractivity contribution < 1.29 is 0 Å². The van der Waals surface area contributed by atoms with Crippen molar-refractivity contribution in [3.05, 3.63) is 0 Å². The van der Waals surface area contributed by atoms with Crippen molar-refractivity contribution in [2.24, 2.45) is 0 Å². The van der Waals surface area contributed by atoms with E-state index in [0.29, 0.717) is 6.04 Å². The second-order valence-corrected chi connectivity index (χ2v) is 4.24. The third-order valence-electron chi connectivity index (χ3n) is 2.87. The Balaban J connectivity index is 2.67. The molecule has 0 aliphatic carbocycles. The zero-order valence-electron chi connectivity index (χ0n) is 8.43. The highest BCUT2D eigenvalue weighted by Gasteiger charge is 2.30. The Hall–Kier alpha value is -0.480. The number of hydrogen-bond acceptors (Lipinski definition) is 1. The maximum absolute atomic E-state index is 5.51. The second kappa shape index (κ2) is 3.49. The van der Waals surface area contributed by atoms with Crippen LogP contribution >= 0.6 is 0 Å². The third kappa shape index (κ3) is 1.81. The van der Waals surface area contributed by atoms with Crippen molar-refractivity contribution in [2.45, 2.75) is 51.6 Å². The molecule has 1 nitrogen and oxygen atoms in total. The van der Waals surface area contributed by atoms with Crippen molar-refractivity contribution >= 4 is 0 Å². The highest BCUT2D eigenvalue weighted by molar-refractivity contribution is 5.09. The number of hydrogen-bond donors (Lipinski definition) is 0. The van der Waals surface area contributed by atoms with E-state index in [1.54, 1.807) is 0 Å². The lowest BCUT2D eigenvalue weighted by atomic mass is 9.95. The normalized spacial score (nSPS) is 26.7. The smallest absolute Gasteiger partial charge is 0.0768 e. The molecular weight excluding hydrogens is 146 g/mol. The molecule has 0 aromatic rings. The fourth-order valence-electron chi connectivity index (χ4n) is 2.01. The first-order chi connectivity index (χ1) is 5.58. The molecule has 1 fully saturated rings. The van der Waals surface area contributed by atoms with Crippen LogP contribution in [-0.4, -0.2) is 23.0 Å². The fourth-order valence-corrected chi connectivity index (χ4v) is 2.01. The fraction of sp³-hybridized carbons (Fsp3) is 0.818. The van der Waals surface area contributed by atoms with Gasteiger partial charge < -0.3 is 0 Å². The van der Waals surface area contributed by atoms with E-state index < -0.39 is 0 Å². The van der Waals surface area contributed by atoms with Crippen LogP contribution in [0.25, 0.3) is 0 Å². The van der Waals surface area contributed by atoms with E-state index in [1.165, 1.54) is 25.8 Å². The minimum Gasteiger partial charge on any atom is -0.285 e. The Morgan fingerprint density at radius 1 is 1.42 bits per heavy atom. The molecule has 1 rings (SSSR count). The first-order valence-corrected chi connectivity index (χ1v) is 4.82. The standard InChI is InChI=1S/C11H19N/c1-5-11(3,4)12-9-7-6-8-10(12)2/h1,10H,6-9H2,2-4H3. The Morgan fingerprint density at radius 3 is 2.58 bits per heavy atom. The zero-order valence-corrected chi connectivity index (χ0v) is 8.43. The third-order valence-corrected chi connectivity index (χ3v) is 2.87. The molecule has 1 unspecified atom stereocenters. The quantitative estimate of drug-likeness (QED) is 0.539. The number of rotatable bonds is 1. The number of piperidine rings is 1. The van der Waals surface area contributed by atoms with Crippen molar-refractivity contribution in [3.8, 4) is 12.3 Å². The maximum Gasteiger partial charge on any atom is 0.0768 e. The van der Waals surface area contributed by atoms with Crippen LogP contribution < -0.4 is 0 Å². The van der Waals surface area contributed by atoms with Crippen LogP contribution in [0.3, 0.4) is 0 Å². The summed E-state index contributed by atoms with van der Waals surface area (Å²) in [6.07, 6.45) is 9.46. The molecule has 1 aliphatic heterocycles. The topological polar surface area (TPSA) is 3.24 Å². The number of nitrogens with zero attached hydrogens (tertiary/aromatic N) is 1. The second-order valence-electron chi connectivity index (χ2n) is 4.24. The van der Waals surface area contributed by atoms with E-state index >= 15 is 0 Å². The van der Waals surface area contributed by atoms with Gasteiger partial charge in [-0.15, -0.1) is 6.42 Å².